The van der Waals surface area contributed by atoms with E-state index in [4.69, 9.17) is 0 Å². The van der Waals surface area contributed by atoms with E-state index in [0.29, 0.717) is 6.54 Å². The summed E-state index contributed by atoms with van der Waals surface area (Å²) < 4.78 is 1.78. The lowest BCUT2D eigenvalue weighted by Crippen LogP contribution is -2.31. The number of nitrogens with zero attached hydrogens (tertiary/aromatic N) is 3. The summed E-state index contributed by atoms with van der Waals surface area (Å²) >= 11 is 0. The molecule has 31 heavy (non-hydrogen) atoms. The molecular weight excluding hydrogens is 396 g/mol. The zero-order valence-electron chi connectivity index (χ0n) is 17.0. The van der Waals surface area contributed by atoms with E-state index in [0.717, 1.165) is 27.9 Å². The van der Waals surface area contributed by atoms with Crippen LogP contribution in [0.1, 0.15) is 18.4 Å². The van der Waals surface area contributed by atoms with E-state index in [2.05, 4.69) is 26.0 Å². The number of aryl methyl sites for hydroxylation is 1. The Morgan fingerprint density at radius 3 is 2.71 bits per heavy atom. The molecule has 4 rings (SSSR count). The molecular formula is C22H22N6O3. The van der Waals surface area contributed by atoms with Gasteiger partial charge < -0.3 is 10.6 Å². The minimum Gasteiger partial charge on any atom is -0.352 e. The van der Waals surface area contributed by atoms with Gasteiger partial charge >= 0.3 is 6.03 Å². The quantitative estimate of drug-likeness (QED) is 0.505. The van der Waals surface area contributed by atoms with Crippen molar-refractivity contribution in [2.24, 2.45) is 7.05 Å². The van der Waals surface area contributed by atoms with E-state index in [1.165, 1.54) is 0 Å². The van der Waals surface area contributed by atoms with Gasteiger partial charge in [0.2, 0.25) is 5.91 Å². The minimum atomic E-state index is -0.655. The van der Waals surface area contributed by atoms with Gasteiger partial charge in [0, 0.05) is 49.7 Å². The van der Waals surface area contributed by atoms with E-state index in [9.17, 15) is 14.4 Å². The molecule has 0 saturated carbocycles. The maximum atomic E-state index is 12.2. The van der Waals surface area contributed by atoms with Crippen LogP contribution in [0.25, 0.3) is 22.4 Å². The number of hydrogen-bond donors (Lipinski definition) is 3. The highest BCUT2D eigenvalue weighted by Gasteiger charge is 2.29. The van der Waals surface area contributed by atoms with Crippen LogP contribution in [0.3, 0.4) is 0 Å². The molecule has 1 saturated heterocycles. The molecule has 0 aliphatic carbocycles. The number of carbonyl (C=O) groups is 3. The number of amides is 4. The van der Waals surface area contributed by atoms with E-state index in [-0.39, 0.29) is 18.7 Å². The van der Waals surface area contributed by atoms with Gasteiger partial charge in [0.1, 0.15) is 11.7 Å². The number of hydrogen-bond acceptors (Lipinski definition) is 5. The second-order valence-corrected chi connectivity index (χ2v) is 7.33. The lowest BCUT2D eigenvalue weighted by molar-refractivity contribution is -0.122. The van der Waals surface area contributed by atoms with Gasteiger partial charge in [0.05, 0.1) is 0 Å². The number of rotatable bonds is 7. The lowest BCUT2D eigenvalue weighted by Gasteiger charge is -2.09. The fourth-order valence-corrected chi connectivity index (χ4v) is 3.50. The van der Waals surface area contributed by atoms with Crippen molar-refractivity contribution in [2.75, 3.05) is 0 Å². The Morgan fingerprint density at radius 1 is 1.16 bits per heavy atom. The van der Waals surface area contributed by atoms with Crippen molar-refractivity contribution in [1.82, 2.24) is 30.7 Å². The number of urea groups is 1. The first-order valence-corrected chi connectivity index (χ1v) is 9.91. The number of aromatic nitrogens is 3. The van der Waals surface area contributed by atoms with E-state index in [1.54, 1.807) is 17.1 Å². The van der Waals surface area contributed by atoms with Crippen LogP contribution in [0.5, 0.6) is 0 Å². The largest absolute Gasteiger partial charge is 0.352 e. The summed E-state index contributed by atoms with van der Waals surface area (Å²) in [6, 6.07) is 10.6. The Labute approximate surface area is 178 Å². The molecule has 3 heterocycles. The Morgan fingerprint density at radius 2 is 1.97 bits per heavy atom. The van der Waals surface area contributed by atoms with Crippen LogP contribution in [0.4, 0.5) is 4.79 Å². The topological polar surface area (TPSA) is 118 Å². The second-order valence-electron chi connectivity index (χ2n) is 7.33. The Kier molecular flexibility index (Phi) is 5.74. The molecule has 3 aromatic rings. The van der Waals surface area contributed by atoms with Gasteiger partial charge in [-0.25, -0.2) is 4.79 Å². The third kappa shape index (κ3) is 4.77. The predicted molar refractivity (Wildman–Crippen MR) is 113 cm³/mol. The fraction of sp³-hybridized carbons (Fsp3) is 0.227. The first-order valence-electron chi connectivity index (χ1n) is 9.91. The number of pyridine rings is 1. The zero-order valence-corrected chi connectivity index (χ0v) is 17.0. The molecule has 9 heteroatoms. The van der Waals surface area contributed by atoms with Gasteiger partial charge in [-0.05, 0) is 35.7 Å². The molecule has 2 aromatic heterocycles. The standard InChI is InChI=1S/C22H22N6O3/c1-28-13-17(15-7-9-23-10-8-15)20(27-28)16-4-2-3-14(11-16)12-24-19(29)6-5-18-21(30)26-22(31)25-18/h2-4,7-11,13,18H,5-6,12H2,1H3,(H,24,29)(H2,25,26,30,31)/t18-/m0/s1. The summed E-state index contributed by atoms with van der Waals surface area (Å²) in [5, 5.41) is 12.1. The summed E-state index contributed by atoms with van der Waals surface area (Å²) in [5.74, 6) is -0.583. The van der Waals surface area contributed by atoms with Crippen molar-refractivity contribution < 1.29 is 14.4 Å². The highest BCUT2D eigenvalue weighted by Crippen LogP contribution is 2.30. The van der Waals surface area contributed by atoms with Crippen molar-refractivity contribution in [2.45, 2.75) is 25.4 Å². The zero-order chi connectivity index (χ0) is 21.8. The third-order valence-electron chi connectivity index (χ3n) is 5.03. The lowest BCUT2D eigenvalue weighted by atomic mass is 10.0. The molecule has 1 aliphatic rings. The maximum Gasteiger partial charge on any atom is 0.322 e. The van der Waals surface area contributed by atoms with Crippen LogP contribution in [0, 0.1) is 0 Å². The monoisotopic (exact) mass is 418 g/mol. The fourth-order valence-electron chi connectivity index (χ4n) is 3.50. The van der Waals surface area contributed by atoms with Crippen molar-refractivity contribution in [1.29, 1.82) is 0 Å². The molecule has 0 spiro atoms. The number of imide groups is 1. The van der Waals surface area contributed by atoms with Crippen molar-refractivity contribution >= 4 is 17.8 Å². The number of benzene rings is 1. The molecule has 9 nitrogen and oxygen atoms in total. The molecule has 1 aliphatic heterocycles. The van der Waals surface area contributed by atoms with Gasteiger partial charge in [0.25, 0.3) is 5.91 Å². The van der Waals surface area contributed by atoms with Crippen LogP contribution < -0.4 is 16.0 Å². The number of nitrogens with one attached hydrogen (secondary N) is 3. The van der Waals surface area contributed by atoms with Crippen LogP contribution >= 0.6 is 0 Å². The summed E-state index contributed by atoms with van der Waals surface area (Å²) in [5.41, 5.74) is 4.77. The molecule has 1 fully saturated rings. The second kappa shape index (κ2) is 8.78. The van der Waals surface area contributed by atoms with Gasteiger partial charge in [-0.15, -0.1) is 0 Å². The van der Waals surface area contributed by atoms with Gasteiger partial charge in [-0.3, -0.25) is 24.6 Å². The SMILES string of the molecule is Cn1cc(-c2ccncc2)c(-c2cccc(CNC(=O)CC[C@@H]3NC(=O)NC3=O)c2)n1. The average molecular weight is 418 g/mol. The first-order chi connectivity index (χ1) is 15.0. The Hall–Kier alpha value is -4.01. The molecule has 0 bridgehead atoms. The highest BCUT2D eigenvalue weighted by atomic mass is 16.2. The molecule has 4 amide bonds. The average Bonchev–Trinajstić information content (AvgIpc) is 3.32. The highest BCUT2D eigenvalue weighted by molar-refractivity contribution is 6.04. The Bertz CT molecular complexity index is 1130. The van der Waals surface area contributed by atoms with Crippen LogP contribution in [0.15, 0.2) is 55.0 Å². The van der Waals surface area contributed by atoms with Crippen molar-refractivity contribution in [3.8, 4) is 22.4 Å². The molecule has 3 N–H and O–H groups in total. The molecule has 158 valence electrons. The summed E-state index contributed by atoms with van der Waals surface area (Å²) in [7, 11) is 1.88. The molecule has 1 aromatic carbocycles. The molecule has 1 atom stereocenters. The minimum absolute atomic E-state index is 0.143. The van der Waals surface area contributed by atoms with Crippen molar-refractivity contribution in [3.63, 3.8) is 0 Å². The molecule has 0 radical (unpaired) electrons. The number of carbonyl (C=O) groups excluding carboxylic acids is 3. The van der Waals surface area contributed by atoms with Crippen molar-refractivity contribution in [3.05, 3.63) is 60.6 Å². The van der Waals surface area contributed by atoms with Crippen LogP contribution in [0.2, 0.25) is 0 Å². The normalized spacial score (nSPS) is 15.5. The van der Waals surface area contributed by atoms with E-state index >= 15 is 0 Å². The summed E-state index contributed by atoms with van der Waals surface area (Å²) in [6.45, 7) is 0.354. The van der Waals surface area contributed by atoms with E-state index in [1.807, 2.05) is 49.6 Å². The van der Waals surface area contributed by atoms with Crippen LogP contribution in [-0.2, 0) is 23.2 Å². The summed E-state index contributed by atoms with van der Waals surface area (Å²) in [6.07, 6.45) is 5.87. The van der Waals surface area contributed by atoms with E-state index < -0.39 is 18.0 Å². The maximum absolute atomic E-state index is 12.2. The first kappa shape index (κ1) is 20.3. The van der Waals surface area contributed by atoms with Gasteiger partial charge in [-0.1, -0.05) is 18.2 Å². The van der Waals surface area contributed by atoms with Crippen LogP contribution in [-0.4, -0.2) is 38.7 Å². The molecule has 0 unspecified atom stereocenters. The Balaban J connectivity index is 1.41. The third-order valence-corrected chi connectivity index (χ3v) is 5.03. The summed E-state index contributed by atoms with van der Waals surface area (Å²) in [4.78, 5) is 38.9. The van der Waals surface area contributed by atoms with Gasteiger partial charge in [0.15, 0.2) is 0 Å². The smallest absolute Gasteiger partial charge is 0.322 e. The van der Waals surface area contributed by atoms with Gasteiger partial charge in [-0.2, -0.15) is 5.10 Å². The predicted octanol–water partition coefficient (Wildman–Crippen LogP) is 1.75.